The Morgan fingerprint density at radius 1 is 0.437 bits per heavy atom. The Morgan fingerprint density at radius 3 is 1.52 bits per heavy atom. The Bertz CT molecular complexity index is 3820. The number of aryl methyl sites for hydroxylation is 3. The summed E-state index contributed by atoms with van der Waals surface area (Å²) < 4.78 is 4.27. The van der Waals surface area contributed by atoms with Crippen molar-refractivity contribution in [3.05, 3.63) is 304 Å². The second-order valence-corrected chi connectivity index (χ2v) is 19.3. The molecule has 336 valence electrons. The molecule has 0 N–H and O–H groups in total. The minimum absolute atomic E-state index is 0.754. The van der Waals surface area contributed by atoms with Gasteiger partial charge in [-0.05, 0) is 141 Å². The van der Waals surface area contributed by atoms with Gasteiger partial charge in [-0.25, -0.2) is 0 Å². The van der Waals surface area contributed by atoms with Crippen molar-refractivity contribution < 1.29 is 4.57 Å². The van der Waals surface area contributed by atoms with Gasteiger partial charge in [0.2, 0.25) is 6.33 Å². The number of imidazole rings is 1. The summed E-state index contributed by atoms with van der Waals surface area (Å²) in [6.07, 6.45) is 21.9. The third-order valence-electron chi connectivity index (χ3n) is 15.9. The van der Waals surface area contributed by atoms with Crippen LogP contribution in [0.15, 0.2) is 226 Å². The number of fused-ring (bicyclic) bond motifs is 9. The molecule has 6 aromatic carbocycles. The van der Waals surface area contributed by atoms with Crippen LogP contribution in [0.5, 0.6) is 0 Å². The molecule has 11 aromatic rings. The van der Waals surface area contributed by atoms with Gasteiger partial charge in [-0.15, -0.1) is 0 Å². The summed E-state index contributed by atoms with van der Waals surface area (Å²) in [4.78, 5) is 19.6. The highest BCUT2D eigenvalue weighted by molar-refractivity contribution is 5.89. The molecule has 3 aliphatic rings. The maximum Gasteiger partial charge on any atom is 0.204 e. The minimum Gasteiger partial charge on any atom is -0.354 e. The first-order chi connectivity index (χ1) is 34.9. The molecule has 0 aliphatic heterocycles. The molecule has 14 rings (SSSR count). The van der Waals surface area contributed by atoms with E-state index in [-0.39, 0.29) is 0 Å². The van der Waals surface area contributed by atoms with Crippen LogP contribution in [-0.2, 0) is 23.4 Å². The third-order valence-corrected chi connectivity index (χ3v) is 15.9. The van der Waals surface area contributed by atoms with Crippen molar-refractivity contribution in [1.29, 1.82) is 0 Å². The second-order valence-electron chi connectivity index (χ2n) is 19.3. The van der Waals surface area contributed by atoms with Crippen LogP contribution in [0.2, 0.25) is 0 Å². The fourth-order valence-electron chi connectivity index (χ4n) is 13.2. The van der Waals surface area contributed by atoms with Crippen LogP contribution in [0.3, 0.4) is 0 Å². The van der Waals surface area contributed by atoms with Crippen molar-refractivity contribution in [2.75, 3.05) is 0 Å². The molecule has 6 nitrogen and oxygen atoms in total. The van der Waals surface area contributed by atoms with Crippen LogP contribution >= 0.6 is 0 Å². The molecule has 0 saturated heterocycles. The fourth-order valence-corrected chi connectivity index (χ4v) is 13.2. The zero-order valence-corrected chi connectivity index (χ0v) is 39.5. The smallest absolute Gasteiger partial charge is 0.204 e. The molecule has 0 spiro atoms. The lowest BCUT2D eigenvalue weighted by molar-refractivity contribution is -0.675. The maximum absolute atomic E-state index is 5.42. The normalized spacial score (nSPS) is 18.8. The second kappa shape index (κ2) is 15.3. The molecular formula is C65H46N6. The van der Waals surface area contributed by atoms with Crippen molar-refractivity contribution in [1.82, 2.24) is 24.5 Å². The fraction of sp³-hybridized carbons (Fsp3) is 0.0923. The van der Waals surface area contributed by atoms with Gasteiger partial charge in [0, 0.05) is 76.8 Å². The summed E-state index contributed by atoms with van der Waals surface area (Å²) in [6, 6.07) is 63.0. The van der Waals surface area contributed by atoms with Gasteiger partial charge in [0.25, 0.3) is 0 Å². The van der Waals surface area contributed by atoms with E-state index in [1.807, 2.05) is 48.8 Å². The van der Waals surface area contributed by atoms with Gasteiger partial charge < -0.3 is 9.13 Å². The molecule has 0 fully saturated rings. The molecule has 5 aromatic heterocycles. The van der Waals surface area contributed by atoms with Crippen LogP contribution in [-0.4, -0.2) is 24.5 Å². The van der Waals surface area contributed by atoms with Crippen LogP contribution < -0.4 is 4.57 Å². The van der Waals surface area contributed by atoms with Gasteiger partial charge >= 0.3 is 0 Å². The van der Waals surface area contributed by atoms with Gasteiger partial charge in [-0.1, -0.05) is 133 Å². The molecular weight excluding hydrogens is 865 g/mol. The topological polar surface area (TPSA) is 60.4 Å². The van der Waals surface area contributed by atoms with Crippen LogP contribution in [0.25, 0.3) is 44.5 Å². The Kier molecular flexibility index (Phi) is 8.87. The summed E-state index contributed by atoms with van der Waals surface area (Å²) in [5, 5.41) is 0. The largest absolute Gasteiger partial charge is 0.354 e. The molecule has 3 unspecified atom stereocenters. The van der Waals surface area contributed by atoms with Crippen LogP contribution in [0, 0.1) is 20.2 Å². The first-order valence-corrected chi connectivity index (χ1v) is 24.3. The summed E-state index contributed by atoms with van der Waals surface area (Å²) in [7, 11) is 2.04. The number of benzene rings is 6. The lowest BCUT2D eigenvalue weighted by atomic mass is 9.64. The molecule has 71 heavy (non-hydrogen) atoms. The number of pyridine rings is 4. The van der Waals surface area contributed by atoms with Crippen molar-refractivity contribution in [3.63, 3.8) is 0 Å². The molecule has 0 radical (unpaired) electrons. The van der Waals surface area contributed by atoms with Crippen molar-refractivity contribution in [2.24, 2.45) is 7.05 Å². The van der Waals surface area contributed by atoms with E-state index in [4.69, 9.17) is 15.0 Å². The highest BCUT2D eigenvalue weighted by Gasteiger charge is 2.53. The number of hydrogen-bond donors (Lipinski definition) is 0. The van der Waals surface area contributed by atoms with E-state index < -0.39 is 16.4 Å². The SMILES string of the molecule is Cc1cccc(C)c1-c1ccnc(C2(c3cccc(C4(c5cccc(C6(n7[c-][n+](C)cc7)c7ccccc7-c7cnccc76)c5)c5ccccc5-c5cnccc54)c3)c3ccccc3-c3cnccc32)c1. The highest BCUT2D eigenvalue weighted by atomic mass is 15.2. The molecule has 5 heterocycles. The number of rotatable bonds is 7. The summed E-state index contributed by atoms with van der Waals surface area (Å²) in [5.41, 5.74) is 22.0. The van der Waals surface area contributed by atoms with Crippen LogP contribution in [0.4, 0.5) is 0 Å². The predicted molar refractivity (Wildman–Crippen MR) is 279 cm³/mol. The standard InChI is InChI=1S/C65H46N6/c1-42-13-10-14-43(2)62(42)44-25-32-69-61(35-44)64(56-23-8-5-20-50(56)53-39-67-30-27-58(53)64)47-17-11-15-45(36-47)63(55-22-7-4-19-49(55)52-38-66-29-26-57(52)63)46-16-12-18-48(37-46)65(71-34-33-70(3)41-71)59-24-9-6-21-51(59)54-40-68-31-28-60(54)65/h4-40H,1-3H3. The predicted octanol–water partition coefficient (Wildman–Crippen LogP) is 12.5. The highest BCUT2D eigenvalue weighted by Crippen LogP contribution is 2.60. The first kappa shape index (κ1) is 41.1. The number of hydrogen-bond acceptors (Lipinski definition) is 4. The average Bonchev–Trinajstić information content (AvgIpc) is 4.17. The van der Waals surface area contributed by atoms with Gasteiger partial charge in [-0.3, -0.25) is 19.9 Å². The average molecular weight is 911 g/mol. The molecule has 6 heteroatoms. The summed E-state index contributed by atoms with van der Waals surface area (Å²) >= 11 is 0. The quantitative estimate of drug-likeness (QED) is 0.118. The van der Waals surface area contributed by atoms with E-state index in [0.29, 0.717) is 0 Å². The molecule has 3 atom stereocenters. The van der Waals surface area contributed by atoms with E-state index in [9.17, 15) is 0 Å². The Labute approximate surface area is 413 Å². The molecule has 0 amide bonds. The van der Waals surface area contributed by atoms with Crippen molar-refractivity contribution in [3.8, 4) is 44.5 Å². The minimum atomic E-state index is -0.797. The number of nitrogens with zero attached hydrogens (tertiary/aromatic N) is 6. The Hall–Kier alpha value is -8.87. The molecule has 0 saturated carbocycles. The maximum atomic E-state index is 5.42. The first-order valence-electron chi connectivity index (χ1n) is 24.3. The van der Waals surface area contributed by atoms with Crippen LogP contribution in [0.1, 0.15) is 72.5 Å². The zero-order valence-electron chi connectivity index (χ0n) is 39.5. The van der Waals surface area contributed by atoms with E-state index in [1.54, 1.807) is 0 Å². The van der Waals surface area contributed by atoms with Gasteiger partial charge in [0.15, 0.2) is 5.54 Å². The van der Waals surface area contributed by atoms with E-state index >= 15 is 0 Å². The lowest BCUT2D eigenvalue weighted by Crippen LogP contribution is -2.38. The number of aromatic nitrogens is 6. The Morgan fingerprint density at radius 2 is 0.901 bits per heavy atom. The van der Waals surface area contributed by atoms with E-state index in [1.165, 1.54) is 50.1 Å². The Balaban J connectivity index is 1.08. The zero-order chi connectivity index (χ0) is 47.5. The van der Waals surface area contributed by atoms with Gasteiger partial charge in [0.1, 0.15) is 0 Å². The van der Waals surface area contributed by atoms with Gasteiger partial charge in [0.05, 0.1) is 23.6 Å². The molecule has 0 bridgehead atoms. The van der Waals surface area contributed by atoms with E-state index in [0.717, 1.165) is 66.9 Å². The molecule has 3 aliphatic carbocycles. The lowest BCUT2D eigenvalue weighted by Gasteiger charge is -2.38. The summed E-state index contributed by atoms with van der Waals surface area (Å²) in [5.74, 6) is 0. The van der Waals surface area contributed by atoms with Gasteiger partial charge in [-0.2, -0.15) is 0 Å². The van der Waals surface area contributed by atoms with Crippen molar-refractivity contribution >= 4 is 0 Å². The third kappa shape index (κ3) is 5.44. The van der Waals surface area contributed by atoms with Crippen molar-refractivity contribution in [2.45, 2.75) is 30.2 Å². The monoisotopic (exact) mass is 910 g/mol. The summed E-state index contributed by atoms with van der Waals surface area (Å²) in [6.45, 7) is 4.41. The van der Waals surface area contributed by atoms with E-state index in [2.05, 4.69) is 218 Å².